The molecule has 0 heterocycles. The SMILES string of the molecule is C=C(C(=O)[C@H](OC(C)=O)[C@@H](C)[C@H]1[C@@H](OC(C)=O)C[C@@]2(C)C3CCC4[C@H](C)C(=O)C=C[C@@]45C[C@@]35CC[C@]12C)[C@@H](C)COP(=O)(OCC)OCC. The van der Waals surface area contributed by atoms with Crippen LogP contribution in [0.2, 0.25) is 0 Å². The van der Waals surface area contributed by atoms with Crippen LogP contribution in [0.25, 0.3) is 0 Å². The predicted octanol–water partition coefficient (Wildman–Crippen LogP) is 7.45. The lowest BCUT2D eigenvalue weighted by Gasteiger charge is -2.61. The normalized spacial score (nSPS) is 39.4. The maximum Gasteiger partial charge on any atom is 0.474 e. The smallest absolute Gasteiger partial charge is 0.462 e. The number of phosphoric ester groups is 1. The van der Waals surface area contributed by atoms with E-state index >= 15 is 0 Å². The van der Waals surface area contributed by atoms with Crippen molar-refractivity contribution in [3.05, 3.63) is 24.3 Å². The van der Waals surface area contributed by atoms with Gasteiger partial charge in [-0.05, 0) is 97.5 Å². The van der Waals surface area contributed by atoms with Crippen LogP contribution >= 0.6 is 7.82 Å². The number of carbonyl (C=O) groups is 4. The second kappa shape index (κ2) is 13.4. The second-order valence-corrected chi connectivity index (χ2v) is 17.8. The van der Waals surface area contributed by atoms with Crippen LogP contribution in [0.4, 0.5) is 0 Å². The average Bonchev–Trinajstić information content (AvgIpc) is 3.63. The Hall–Kier alpha value is -2.13. The van der Waals surface area contributed by atoms with Gasteiger partial charge in [0.05, 0.1) is 19.8 Å². The molecule has 2 spiro atoms. The van der Waals surface area contributed by atoms with Gasteiger partial charge in [-0.3, -0.25) is 32.7 Å². The first-order valence-corrected chi connectivity index (χ1v) is 19.7. The van der Waals surface area contributed by atoms with Crippen molar-refractivity contribution in [1.82, 2.24) is 0 Å². The van der Waals surface area contributed by atoms with Crippen molar-refractivity contribution < 1.29 is 46.8 Å². The molecular weight excluding hydrogens is 647 g/mol. The van der Waals surface area contributed by atoms with E-state index in [-0.39, 0.29) is 70.6 Å². The van der Waals surface area contributed by atoms with Crippen molar-refractivity contribution in [3.63, 3.8) is 0 Å². The summed E-state index contributed by atoms with van der Waals surface area (Å²) in [6.07, 6.45) is 8.01. The molecule has 4 fully saturated rings. The van der Waals surface area contributed by atoms with Crippen LogP contribution in [0, 0.1) is 57.2 Å². The molecule has 5 aliphatic rings. The number of fused-ring (bicyclic) bond motifs is 2. The van der Waals surface area contributed by atoms with Gasteiger partial charge in [-0.2, -0.15) is 0 Å². The van der Waals surface area contributed by atoms with E-state index in [0.29, 0.717) is 18.3 Å². The Bertz CT molecular complexity index is 1450. The molecule has 0 aliphatic heterocycles. The zero-order chi connectivity index (χ0) is 36.3. The zero-order valence-corrected chi connectivity index (χ0v) is 31.8. The van der Waals surface area contributed by atoms with Gasteiger partial charge in [0.15, 0.2) is 17.7 Å². The van der Waals surface area contributed by atoms with Crippen LogP contribution in [-0.2, 0) is 46.8 Å². The monoisotopic (exact) mass is 704 g/mol. The van der Waals surface area contributed by atoms with E-state index in [9.17, 15) is 23.7 Å². The van der Waals surface area contributed by atoms with Crippen LogP contribution in [-0.4, -0.2) is 55.5 Å². The van der Waals surface area contributed by atoms with Gasteiger partial charge in [-0.25, -0.2) is 4.57 Å². The van der Waals surface area contributed by atoms with E-state index in [1.54, 1.807) is 20.8 Å². The molecule has 49 heavy (non-hydrogen) atoms. The molecule has 0 aromatic heterocycles. The van der Waals surface area contributed by atoms with Gasteiger partial charge in [0.1, 0.15) is 6.10 Å². The maximum absolute atomic E-state index is 14.3. The lowest BCUT2D eigenvalue weighted by atomic mass is 9.43. The first-order chi connectivity index (χ1) is 22.9. The number of ketones is 2. The van der Waals surface area contributed by atoms with Gasteiger partial charge in [-0.1, -0.05) is 47.3 Å². The number of hydrogen-bond donors (Lipinski definition) is 0. The quantitative estimate of drug-likeness (QED) is 0.102. The zero-order valence-electron chi connectivity index (χ0n) is 30.9. The summed E-state index contributed by atoms with van der Waals surface area (Å²) in [6, 6.07) is 0. The summed E-state index contributed by atoms with van der Waals surface area (Å²) in [5.41, 5.74) is -0.254. The molecule has 0 radical (unpaired) electrons. The second-order valence-electron chi connectivity index (χ2n) is 16.1. The maximum atomic E-state index is 14.3. The number of phosphoric acid groups is 1. The molecule has 10 nitrogen and oxygen atoms in total. The highest BCUT2D eigenvalue weighted by atomic mass is 31.2. The van der Waals surface area contributed by atoms with E-state index < -0.39 is 43.6 Å². The third kappa shape index (κ3) is 6.04. The highest BCUT2D eigenvalue weighted by molar-refractivity contribution is 7.48. The Morgan fingerprint density at radius 3 is 2.24 bits per heavy atom. The molecule has 0 saturated heterocycles. The predicted molar refractivity (Wildman–Crippen MR) is 183 cm³/mol. The molecular formula is C38H57O10P. The summed E-state index contributed by atoms with van der Waals surface area (Å²) >= 11 is 0. The Morgan fingerprint density at radius 2 is 1.65 bits per heavy atom. The summed E-state index contributed by atoms with van der Waals surface area (Å²) < 4.78 is 40.9. The number of rotatable bonds is 14. The fourth-order valence-electron chi connectivity index (χ4n) is 11.6. The van der Waals surface area contributed by atoms with Crippen LogP contribution in [0.15, 0.2) is 24.3 Å². The Morgan fingerprint density at radius 1 is 1.00 bits per heavy atom. The van der Waals surface area contributed by atoms with Gasteiger partial charge in [0.2, 0.25) is 0 Å². The molecule has 12 atom stereocenters. The van der Waals surface area contributed by atoms with E-state index in [4.69, 9.17) is 23.0 Å². The first-order valence-electron chi connectivity index (χ1n) is 18.2. The fourth-order valence-corrected chi connectivity index (χ4v) is 12.8. The van der Waals surface area contributed by atoms with E-state index in [1.807, 2.05) is 13.0 Å². The molecule has 4 saturated carbocycles. The number of allylic oxidation sites excluding steroid dienone is 2. The topological polar surface area (TPSA) is 132 Å². The molecule has 274 valence electrons. The molecule has 0 aromatic rings. The van der Waals surface area contributed by atoms with Crippen LogP contribution in [0.3, 0.4) is 0 Å². The van der Waals surface area contributed by atoms with Crippen molar-refractivity contribution in [1.29, 1.82) is 0 Å². The van der Waals surface area contributed by atoms with Crippen molar-refractivity contribution in [2.75, 3.05) is 19.8 Å². The molecule has 2 unspecified atom stereocenters. The fraction of sp³-hybridized carbons (Fsp3) is 0.789. The third-order valence-corrected chi connectivity index (χ3v) is 15.5. The summed E-state index contributed by atoms with van der Waals surface area (Å²) in [4.78, 5) is 52.2. The Labute approximate surface area is 292 Å². The lowest BCUT2D eigenvalue weighted by Crippen LogP contribution is -2.56. The van der Waals surface area contributed by atoms with Gasteiger partial charge < -0.3 is 9.47 Å². The van der Waals surface area contributed by atoms with Crippen molar-refractivity contribution in [2.24, 2.45) is 57.2 Å². The van der Waals surface area contributed by atoms with E-state index in [0.717, 1.165) is 32.1 Å². The first kappa shape index (κ1) is 38.1. The summed E-state index contributed by atoms with van der Waals surface area (Å²) in [5.74, 6) is -1.83. The molecule has 5 rings (SSSR count). The highest BCUT2D eigenvalue weighted by Gasteiger charge is 2.81. The van der Waals surface area contributed by atoms with Crippen LogP contribution in [0.1, 0.15) is 101 Å². The summed E-state index contributed by atoms with van der Waals surface area (Å²) in [6.45, 7) is 20.6. The number of hydrogen-bond acceptors (Lipinski definition) is 10. The van der Waals surface area contributed by atoms with Gasteiger partial charge in [-0.15, -0.1) is 0 Å². The number of Topliss-reactive ketones (excluding diaryl/α,β-unsaturated/α-hetero) is 1. The molecule has 0 N–H and O–H groups in total. The molecule has 0 aromatic carbocycles. The Balaban J connectivity index is 1.44. The minimum atomic E-state index is -3.82. The number of esters is 2. The largest absolute Gasteiger partial charge is 0.474 e. The van der Waals surface area contributed by atoms with Crippen molar-refractivity contribution in [2.45, 2.75) is 113 Å². The van der Waals surface area contributed by atoms with Gasteiger partial charge in [0, 0.05) is 37.5 Å². The number of ether oxygens (including phenoxy) is 2. The van der Waals surface area contributed by atoms with Crippen LogP contribution < -0.4 is 0 Å². The van der Waals surface area contributed by atoms with Crippen molar-refractivity contribution >= 4 is 31.3 Å². The summed E-state index contributed by atoms with van der Waals surface area (Å²) in [7, 11) is -3.82. The van der Waals surface area contributed by atoms with E-state index in [1.165, 1.54) is 13.8 Å². The average molecular weight is 705 g/mol. The minimum absolute atomic E-state index is 0.0262. The minimum Gasteiger partial charge on any atom is -0.462 e. The third-order valence-electron chi connectivity index (χ3n) is 13.9. The van der Waals surface area contributed by atoms with E-state index in [2.05, 4.69) is 33.4 Å². The van der Waals surface area contributed by atoms with Crippen molar-refractivity contribution in [3.8, 4) is 0 Å². The number of carbonyl (C=O) groups excluding carboxylic acids is 4. The molecule has 11 heteroatoms. The summed E-state index contributed by atoms with van der Waals surface area (Å²) in [5, 5.41) is 0. The molecule has 0 amide bonds. The van der Waals surface area contributed by atoms with Gasteiger partial charge in [0.25, 0.3) is 0 Å². The standard InChI is InChI=1S/C38H57O10P/c1-11-44-49(43,45-12-2)46-20-22(3)23(4)33(42)34(48-27(8)40)25(6)32-30(47-26(7)39)19-36(10)31-14-13-28-24(5)29(41)15-16-37(28)21-38(31,37)18-17-35(32,36)9/h15-16,22,24-25,28,30-32,34H,4,11-14,17-21H2,1-3,5-10H3/t22-,24-,25-,28?,30-,31?,32-,34+,35+,36-,37+,38-/m0/s1. The molecule has 0 bridgehead atoms. The van der Waals surface area contributed by atoms with Gasteiger partial charge >= 0.3 is 19.8 Å². The molecule has 5 aliphatic carbocycles. The highest BCUT2D eigenvalue weighted by Crippen LogP contribution is 2.87. The lowest BCUT2D eigenvalue weighted by molar-refractivity contribution is -0.166. The Kier molecular flexibility index (Phi) is 10.5. The van der Waals surface area contributed by atoms with Crippen LogP contribution in [0.5, 0.6) is 0 Å².